The van der Waals surface area contributed by atoms with Gasteiger partial charge in [-0.2, -0.15) is 0 Å². The number of hydrogen-bond acceptors (Lipinski definition) is 6. The number of likely N-dealkylation sites (N-methyl/N-ethyl adjacent to an activating group) is 1. The summed E-state index contributed by atoms with van der Waals surface area (Å²) < 4.78 is 5.11. The van der Waals surface area contributed by atoms with Crippen molar-refractivity contribution < 1.29 is 30.0 Å². The Morgan fingerprint density at radius 2 is 2.06 bits per heavy atom. The summed E-state index contributed by atoms with van der Waals surface area (Å²) in [4.78, 5) is 12.1. The van der Waals surface area contributed by atoms with Crippen molar-refractivity contribution in [3.63, 3.8) is 0 Å². The number of carboxylic acids is 1. The number of aliphatic carboxylic acids is 1. The Morgan fingerprint density at radius 1 is 1.50 bits per heavy atom. The number of nitrogens with two attached hydrogens (primary N) is 1. The van der Waals surface area contributed by atoms with E-state index < -0.39 is 49.0 Å². The number of nitrogens with one attached hydrogen (secondary N) is 1. The zero-order valence-corrected chi connectivity index (χ0v) is 9.72. The number of aliphatic hydroxyl groups is 3. The second-order valence-electron chi connectivity index (χ2n) is 4.08. The molecule has 0 radical (unpaired) electrons. The van der Waals surface area contributed by atoms with Crippen LogP contribution in [0.1, 0.15) is 0 Å². The minimum absolute atomic E-state index is 0.514. The lowest BCUT2D eigenvalue weighted by atomic mass is 10.0. The van der Waals surface area contributed by atoms with Gasteiger partial charge in [-0.05, 0) is 0 Å². The highest BCUT2D eigenvalue weighted by Gasteiger charge is 2.49. The fourth-order valence-corrected chi connectivity index (χ4v) is 1.87. The van der Waals surface area contributed by atoms with E-state index in [-0.39, 0.29) is 0 Å². The third kappa shape index (κ3) is 2.53. The second kappa shape index (κ2) is 5.48. The third-order valence-electron chi connectivity index (χ3n) is 2.94. The molecule has 1 fully saturated rings. The van der Waals surface area contributed by atoms with Crippen molar-refractivity contribution in [3.8, 4) is 0 Å². The van der Waals surface area contributed by atoms with E-state index in [2.05, 4.69) is 0 Å². The van der Waals surface area contributed by atoms with Crippen LogP contribution in [0.25, 0.3) is 0 Å². The first-order valence-corrected chi connectivity index (χ1v) is 5.23. The van der Waals surface area contributed by atoms with Crippen LogP contribution in [0.15, 0.2) is 0 Å². The largest absolute Gasteiger partial charge is 0.480 e. The molecule has 9 heteroatoms. The first-order valence-electron chi connectivity index (χ1n) is 5.23. The SMILES string of the molecule is CN(C(=N)N)C(C(=O)O)[C@@H]1O[C@H](CO)[C@@H](O)[C@H]1O. The van der Waals surface area contributed by atoms with Gasteiger partial charge in [0.2, 0.25) is 0 Å². The molecular weight excluding hydrogens is 246 g/mol. The van der Waals surface area contributed by atoms with Crippen LogP contribution in [0, 0.1) is 5.41 Å². The van der Waals surface area contributed by atoms with Gasteiger partial charge < -0.3 is 35.8 Å². The lowest BCUT2D eigenvalue weighted by molar-refractivity contribution is -0.149. The fourth-order valence-electron chi connectivity index (χ4n) is 1.87. The summed E-state index contributed by atoms with van der Waals surface area (Å²) in [7, 11) is 1.26. The number of aliphatic hydroxyl groups excluding tert-OH is 3. The van der Waals surface area contributed by atoms with Gasteiger partial charge in [0, 0.05) is 7.05 Å². The lowest BCUT2D eigenvalue weighted by Crippen LogP contribution is -2.55. The minimum atomic E-state index is -1.48. The number of ether oxygens (including phenoxy) is 1. The summed E-state index contributed by atoms with van der Waals surface area (Å²) in [6, 6.07) is -1.43. The van der Waals surface area contributed by atoms with Crippen LogP contribution in [-0.2, 0) is 9.53 Å². The van der Waals surface area contributed by atoms with E-state index in [9.17, 15) is 15.0 Å². The van der Waals surface area contributed by atoms with Crippen LogP contribution in [0.5, 0.6) is 0 Å². The van der Waals surface area contributed by atoms with Crippen molar-refractivity contribution >= 4 is 11.9 Å². The molecule has 0 amide bonds. The average Bonchev–Trinajstić information content (AvgIpc) is 2.56. The molecule has 0 aromatic carbocycles. The highest BCUT2D eigenvalue weighted by atomic mass is 16.6. The Labute approximate surface area is 103 Å². The molecular formula is C9H17N3O6. The lowest BCUT2D eigenvalue weighted by Gasteiger charge is -2.30. The average molecular weight is 263 g/mol. The molecule has 0 aromatic rings. The number of guanidine groups is 1. The maximum Gasteiger partial charge on any atom is 0.329 e. The Hall–Kier alpha value is -1.42. The number of rotatable bonds is 4. The fraction of sp³-hybridized carbons (Fsp3) is 0.778. The topological polar surface area (TPSA) is 160 Å². The summed E-state index contributed by atoms with van der Waals surface area (Å²) in [6.07, 6.45) is -5.22. The standard InChI is InChI=1S/C9H17N3O6/c1-12(9(10)11)4(8(16)17)7-6(15)5(14)3(2-13)18-7/h3-7,13-15H,2H2,1H3,(H3,10,11)(H,16,17)/t3-,4?,5-,6-,7+/m1/s1. The van der Waals surface area contributed by atoms with Crippen LogP contribution in [0.2, 0.25) is 0 Å². The molecule has 0 aromatic heterocycles. The van der Waals surface area contributed by atoms with E-state index in [4.69, 9.17) is 26.1 Å². The van der Waals surface area contributed by atoms with Crippen molar-refractivity contribution in [1.82, 2.24) is 4.90 Å². The van der Waals surface area contributed by atoms with Crippen molar-refractivity contribution in [3.05, 3.63) is 0 Å². The van der Waals surface area contributed by atoms with Crippen molar-refractivity contribution in [1.29, 1.82) is 5.41 Å². The highest BCUT2D eigenvalue weighted by Crippen LogP contribution is 2.25. The van der Waals surface area contributed by atoms with Crippen LogP contribution >= 0.6 is 0 Å². The molecule has 1 aliphatic rings. The summed E-state index contributed by atoms with van der Waals surface area (Å²) in [5, 5.41) is 44.5. The normalized spacial score (nSPS) is 33.1. The molecule has 1 unspecified atom stereocenters. The monoisotopic (exact) mass is 263 g/mol. The molecule has 0 saturated carbocycles. The Morgan fingerprint density at radius 3 is 2.39 bits per heavy atom. The zero-order chi connectivity index (χ0) is 14.0. The molecule has 0 bridgehead atoms. The Bertz CT molecular complexity index is 338. The molecule has 0 spiro atoms. The van der Waals surface area contributed by atoms with Crippen LogP contribution in [0.3, 0.4) is 0 Å². The van der Waals surface area contributed by atoms with E-state index in [1.165, 1.54) is 7.05 Å². The van der Waals surface area contributed by atoms with E-state index in [1.54, 1.807) is 0 Å². The summed E-state index contributed by atoms with van der Waals surface area (Å²) in [5.41, 5.74) is 5.19. The molecule has 104 valence electrons. The van der Waals surface area contributed by atoms with Gasteiger partial charge in [-0.3, -0.25) is 5.41 Å². The molecule has 1 saturated heterocycles. The molecule has 1 rings (SSSR count). The summed E-state index contributed by atoms with van der Waals surface area (Å²) in [6.45, 7) is -0.551. The number of nitrogens with zero attached hydrogens (tertiary/aromatic N) is 1. The second-order valence-corrected chi connectivity index (χ2v) is 4.08. The molecule has 18 heavy (non-hydrogen) atoms. The van der Waals surface area contributed by atoms with Gasteiger partial charge in [0.05, 0.1) is 6.61 Å². The molecule has 0 aliphatic carbocycles. The van der Waals surface area contributed by atoms with E-state index in [1.807, 2.05) is 0 Å². The van der Waals surface area contributed by atoms with Crippen LogP contribution in [-0.4, -0.2) is 81.4 Å². The predicted octanol–water partition coefficient (Wildman–Crippen LogP) is -3.25. The van der Waals surface area contributed by atoms with E-state index in [0.29, 0.717) is 0 Å². The Kier molecular flexibility index (Phi) is 4.46. The third-order valence-corrected chi connectivity index (χ3v) is 2.94. The van der Waals surface area contributed by atoms with Gasteiger partial charge in [0.25, 0.3) is 0 Å². The zero-order valence-electron chi connectivity index (χ0n) is 9.72. The van der Waals surface area contributed by atoms with Gasteiger partial charge in [0.1, 0.15) is 24.4 Å². The molecule has 1 aliphatic heterocycles. The number of carbonyl (C=O) groups is 1. The number of carboxylic acid groups (broad SMARTS) is 1. The first kappa shape index (κ1) is 14.6. The molecule has 5 atom stereocenters. The Balaban J connectivity index is 2.94. The maximum absolute atomic E-state index is 11.2. The van der Waals surface area contributed by atoms with Gasteiger partial charge in [-0.15, -0.1) is 0 Å². The van der Waals surface area contributed by atoms with Crippen molar-refractivity contribution in [2.45, 2.75) is 30.5 Å². The van der Waals surface area contributed by atoms with E-state index in [0.717, 1.165) is 4.90 Å². The van der Waals surface area contributed by atoms with E-state index >= 15 is 0 Å². The van der Waals surface area contributed by atoms with Crippen LogP contribution < -0.4 is 5.73 Å². The van der Waals surface area contributed by atoms with Gasteiger partial charge in [-0.25, -0.2) is 4.79 Å². The van der Waals surface area contributed by atoms with Crippen molar-refractivity contribution in [2.24, 2.45) is 5.73 Å². The molecule has 7 N–H and O–H groups in total. The smallest absolute Gasteiger partial charge is 0.329 e. The number of hydrogen-bond donors (Lipinski definition) is 6. The predicted molar refractivity (Wildman–Crippen MR) is 58.9 cm³/mol. The van der Waals surface area contributed by atoms with Crippen molar-refractivity contribution in [2.75, 3.05) is 13.7 Å². The summed E-state index contributed by atoms with van der Waals surface area (Å²) >= 11 is 0. The first-order chi connectivity index (χ1) is 8.31. The highest BCUT2D eigenvalue weighted by molar-refractivity contribution is 5.83. The van der Waals surface area contributed by atoms with Gasteiger partial charge in [0.15, 0.2) is 12.0 Å². The molecule has 1 heterocycles. The minimum Gasteiger partial charge on any atom is -0.480 e. The van der Waals surface area contributed by atoms with Crippen LogP contribution in [0.4, 0.5) is 0 Å². The molecule has 9 nitrogen and oxygen atoms in total. The van der Waals surface area contributed by atoms with Gasteiger partial charge in [-0.1, -0.05) is 0 Å². The maximum atomic E-state index is 11.2. The quantitative estimate of drug-likeness (QED) is 0.228. The van der Waals surface area contributed by atoms with Gasteiger partial charge >= 0.3 is 5.97 Å². The summed E-state index contributed by atoms with van der Waals surface area (Å²) in [5.74, 6) is -1.87.